The molecular weight excluding hydrogens is 320 g/mol. The van der Waals surface area contributed by atoms with Crippen LogP contribution in [0.4, 0.5) is 0 Å². The fourth-order valence-electron chi connectivity index (χ4n) is 1.78. The molecule has 0 saturated carbocycles. The molecule has 108 valence electrons. The number of unbranched alkanes of at least 4 members (excludes halogenated alkanes) is 2. The molecular formula is C15H25BrO2Si. The summed E-state index contributed by atoms with van der Waals surface area (Å²) in [6.07, 6.45) is 4.49. The lowest BCUT2D eigenvalue weighted by molar-refractivity contribution is 0.181. The summed E-state index contributed by atoms with van der Waals surface area (Å²) in [5.41, 5.74) is 0. The molecule has 1 aromatic rings. The van der Waals surface area contributed by atoms with Gasteiger partial charge in [0.2, 0.25) is 0 Å². The van der Waals surface area contributed by atoms with Gasteiger partial charge >= 0.3 is 8.56 Å². The van der Waals surface area contributed by atoms with Gasteiger partial charge in [0.1, 0.15) is 0 Å². The Bertz CT molecular complexity index is 344. The summed E-state index contributed by atoms with van der Waals surface area (Å²) in [4.78, 5) is 0. The van der Waals surface area contributed by atoms with Gasteiger partial charge in [0, 0.05) is 17.7 Å². The third kappa shape index (κ3) is 5.77. The van der Waals surface area contributed by atoms with Crippen LogP contribution in [0.2, 0.25) is 6.55 Å². The van der Waals surface area contributed by atoms with Crippen LogP contribution in [0.1, 0.15) is 39.5 Å². The van der Waals surface area contributed by atoms with E-state index in [0.29, 0.717) is 0 Å². The van der Waals surface area contributed by atoms with Gasteiger partial charge < -0.3 is 8.85 Å². The molecule has 0 saturated heterocycles. The maximum atomic E-state index is 6.14. The summed E-state index contributed by atoms with van der Waals surface area (Å²) < 4.78 is 13.4. The molecule has 0 aliphatic rings. The van der Waals surface area contributed by atoms with Crippen molar-refractivity contribution in [3.05, 3.63) is 28.7 Å². The highest BCUT2D eigenvalue weighted by Crippen LogP contribution is 2.13. The third-order valence-electron chi connectivity index (χ3n) is 3.12. The van der Waals surface area contributed by atoms with Crippen molar-refractivity contribution < 1.29 is 8.85 Å². The highest BCUT2D eigenvalue weighted by molar-refractivity contribution is 9.10. The molecule has 19 heavy (non-hydrogen) atoms. The summed E-state index contributed by atoms with van der Waals surface area (Å²) in [7, 11) is -2.24. The average Bonchev–Trinajstić information content (AvgIpc) is 2.40. The van der Waals surface area contributed by atoms with E-state index < -0.39 is 8.56 Å². The molecule has 2 nitrogen and oxygen atoms in total. The molecule has 0 spiro atoms. The summed E-state index contributed by atoms with van der Waals surface area (Å²) in [5.74, 6) is 0. The molecule has 0 bridgehead atoms. The van der Waals surface area contributed by atoms with Crippen molar-refractivity contribution in [1.29, 1.82) is 0 Å². The van der Waals surface area contributed by atoms with E-state index in [0.717, 1.165) is 43.4 Å². The molecule has 4 heteroatoms. The predicted octanol–water partition coefficient (Wildman–Crippen LogP) is 4.36. The van der Waals surface area contributed by atoms with Crippen LogP contribution in [0, 0.1) is 0 Å². The predicted molar refractivity (Wildman–Crippen MR) is 87.1 cm³/mol. The van der Waals surface area contributed by atoms with Crippen molar-refractivity contribution >= 4 is 29.7 Å². The van der Waals surface area contributed by atoms with Crippen LogP contribution in [0.3, 0.4) is 0 Å². The first-order valence-electron chi connectivity index (χ1n) is 7.16. The minimum atomic E-state index is -2.24. The van der Waals surface area contributed by atoms with Gasteiger partial charge in [0.15, 0.2) is 0 Å². The first-order chi connectivity index (χ1) is 9.12. The van der Waals surface area contributed by atoms with Crippen molar-refractivity contribution in [3.8, 4) is 0 Å². The second kappa shape index (κ2) is 8.90. The van der Waals surface area contributed by atoms with Gasteiger partial charge in [-0.25, -0.2) is 0 Å². The Morgan fingerprint density at radius 3 is 1.84 bits per heavy atom. The van der Waals surface area contributed by atoms with Crippen LogP contribution in [0.25, 0.3) is 0 Å². The second-order valence-electron chi connectivity index (χ2n) is 4.86. The van der Waals surface area contributed by atoms with E-state index in [2.05, 4.69) is 60.6 Å². The number of rotatable bonds is 9. The van der Waals surface area contributed by atoms with E-state index in [1.54, 1.807) is 0 Å². The van der Waals surface area contributed by atoms with E-state index >= 15 is 0 Å². The Morgan fingerprint density at radius 2 is 1.42 bits per heavy atom. The van der Waals surface area contributed by atoms with Crippen LogP contribution < -0.4 is 5.19 Å². The molecule has 1 rings (SSSR count). The van der Waals surface area contributed by atoms with Gasteiger partial charge in [0.25, 0.3) is 0 Å². The molecule has 1 aromatic carbocycles. The van der Waals surface area contributed by atoms with Crippen molar-refractivity contribution in [1.82, 2.24) is 0 Å². The quantitative estimate of drug-likeness (QED) is 0.489. The highest BCUT2D eigenvalue weighted by Gasteiger charge is 2.33. The zero-order chi connectivity index (χ0) is 14.1. The lowest BCUT2D eigenvalue weighted by Gasteiger charge is -2.27. The molecule has 0 aromatic heterocycles. The number of hydrogen-bond acceptors (Lipinski definition) is 2. The van der Waals surface area contributed by atoms with Crippen LogP contribution in [0.15, 0.2) is 28.7 Å². The fraction of sp³-hybridized carbons (Fsp3) is 0.600. The van der Waals surface area contributed by atoms with E-state index in [1.165, 1.54) is 5.19 Å². The van der Waals surface area contributed by atoms with Crippen molar-refractivity contribution in [2.24, 2.45) is 0 Å². The molecule has 0 heterocycles. The van der Waals surface area contributed by atoms with Gasteiger partial charge in [-0.05, 0) is 36.7 Å². The zero-order valence-corrected chi connectivity index (χ0v) is 14.8. The molecule has 0 fully saturated rings. The summed E-state index contributed by atoms with van der Waals surface area (Å²) in [6, 6.07) is 8.36. The Balaban J connectivity index is 2.74. The lowest BCUT2D eigenvalue weighted by Crippen LogP contribution is -2.51. The van der Waals surface area contributed by atoms with Gasteiger partial charge in [0.05, 0.1) is 0 Å². The standard InChI is InChI=1S/C15H25BrO2Si/c1-4-6-12-17-19(3,18-13-7-5-2)15-10-8-14(16)9-11-15/h8-11H,4-7,12-13H2,1-3H3. The lowest BCUT2D eigenvalue weighted by atomic mass is 10.4. The Labute approximate surface area is 126 Å². The van der Waals surface area contributed by atoms with E-state index in [-0.39, 0.29) is 0 Å². The smallest absolute Gasteiger partial charge is 0.369 e. The zero-order valence-electron chi connectivity index (χ0n) is 12.2. The van der Waals surface area contributed by atoms with Crippen LogP contribution in [0.5, 0.6) is 0 Å². The fourth-order valence-corrected chi connectivity index (χ4v) is 4.30. The van der Waals surface area contributed by atoms with Gasteiger partial charge in [-0.2, -0.15) is 0 Å². The minimum Gasteiger partial charge on any atom is -0.391 e. The molecule has 0 atom stereocenters. The van der Waals surface area contributed by atoms with E-state index in [4.69, 9.17) is 8.85 Å². The molecule has 0 amide bonds. The Hall–Kier alpha value is -0.163. The maximum absolute atomic E-state index is 6.14. The van der Waals surface area contributed by atoms with Gasteiger partial charge in [-0.1, -0.05) is 54.8 Å². The van der Waals surface area contributed by atoms with Crippen LogP contribution >= 0.6 is 15.9 Å². The first kappa shape index (κ1) is 16.9. The molecule has 0 radical (unpaired) electrons. The minimum absolute atomic E-state index is 0.793. The Kier molecular flexibility index (Phi) is 7.91. The van der Waals surface area contributed by atoms with Gasteiger partial charge in [-0.3, -0.25) is 0 Å². The summed E-state index contributed by atoms with van der Waals surface area (Å²) >= 11 is 3.47. The normalized spacial score (nSPS) is 11.8. The third-order valence-corrected chi connectivity index (χ3v) is 6.54. The largest absolute Gasteiger partial charge is 0.391 e. The van der Waals surface area contributed by atoms with Crippen molar-refractivity contribution in [2.75, 3.05) is 13.2 Å². The molecule has 0 aliphatic carbocycles. The van der Waals surface area contributed by atoms with Crippen molar-refractivity contribution in [3.63, 3.8) is 0 Å². The highest BCUT2D eigenvalue weighted by atomic mass is 79.9. The van der Waals surface area contributed by atoms with Crippen LogP contribution in [-0.4, -0.2) is 21.8 Å². The Morgan fingerprint density at radius 1 is 0.947 bits per heavy atom. The summed E-state index contributed by atoms with van der Waals surface area (Å²) in [6.45, 7) is 8.10. The monoisotopic (exact) mass is 344 g/mol. The topological polar surface area (TPSA) is 18.5 Å². The number of halogens is 1. The van der Waals surface area contributed by atoms with E-state index in [1.807, 2.05) is 0 Å². The molecule has 0 N–H and O–H groups in total. The summed E-state index contributed by atoms with van der Waals surface area (Å²) in [5, 5.41) is 1.21. The molecule has 0 aliphatic heterocycles. The number of benzene rings is 1. The second-order valence-corrected chi connectivity index (χ2v) is 8.82. The van der Waals surface area contributed by atoms with E-state index in [9.17, 15) is 0 Å². The molecule has 0 unspecified atom stereocenters. The first-order valence-corrected chi connectivity index (χ1v) is 10.3. The maximum Gasteiger partial charge on any atom is 0.369 e. The van der Waals surface area contributed by atoms with Gasteiger partial charge in [-0.15, -0.1) is 0 Å². The average molecular weight is 345 g/mol. The SMILES string of the molecule is CCCCO[Si](C)(OCCCC)c1ccc(Br)cc1. The van der Waals surface area contributed by atoms with Crippen molar-refractivity contribution in [2.45, 2.75) is 46.1 Å². The van der Waals surface area contributed by atoms with Crippen LogP contribution in [-0.2, 0) is 8.85 Å². The number of hydrogen-bond donors (Lipinski definition) is 0.